The van der Waals surface area contributed by atoms with Crippen LogP contribution in [0, 0.1) is 17.5 Å². The first-order valence-electron chi connectivity index (χ1n) is 6.74. The Kier molecular flexibility index (Phi) is 5.46. The third-order valence-corrected chi connectivity index (χ3v) is 3.38. The Morgan fingerprint density at radius 1 is 1.04 bits per heavy atom. The van der Waals surface area contributed by atoms with Crippen LogP contribution in [0.25, 0.3) is 0 Å². The Balaban J connectivity index is 2.03. The highest BCUT2D eigenvalue weighted by Gasteiger charge is 2.18. The van der Waals surface area contributed by atoms with Crippen molar-refractivity contribution in [3.8, 4) is 0 Å². The second kappa shape index (κ2) is 7.35. The van der Waals surface area contributed by atoms with Crippen LogP contribution < -0.4 is 5.32 Å². The van der Waals surface area contributed by atoms with Crippen LogP contribution in [0.2, 0.25) is 5.02 Å². The minimum Gasteiger partial charge on any atom is -0.332 e. The topological polar surface area (TPSA) is 49.4 Å². The van der Waals surface area contributed by atoms with Gasteiger partial charge in [0.25, 0.3) is 5.91 Å². The van der Waals surface area contributed by atoms with Crippen LogP contribution >= 0.6 is 11.6 Å². The van der Waals surface area contributed by atoms with Gasteiger partial charge in [-0.15, -0.1) is 0 Å². The number of likely N-dealkylation sites (N-methyl/N-ethyl adjacent to an activating group) is 1. The maximum absolute atomic E-state index is 13.5. The van der Waals surface area contributed by atoms with Crippen molar-refractivity contribution in [3.63, 3.8) is 0 Å². The maximum atomic E-state index is 13.5. The molecule has 126 valence electrons. The van der Waals surface area contributed by atoms with Gasteiger partial charge in [0.05, 0.1) is 12.2 Å². The lowest BCUT2D eigenvalue weighted by Crippen LogP contribution is -2.35. The predicted molar refractivity (Wildman–Crippen MR) is 83.4 cm³/mol. The fourth-order valence-electron chi connectivity index (χ4n) is 1.91. The summed E-state index contributed by atoms with van der Waals surface area (Å²) in [7, 11) is 1.37. The van der Waals surface area contributed by atoms with E-state index in [-0.39, 0.29) is 0 Å². The van der Waals surface area contributed by atoms with E-state index in [0.717, 1.165) is 11.0 Å². The van der Waals surface area contributed by atoms with E-state index in [1.807, 2.05) is 0 Å². The number of hydrogen-bond acceptors (Lipinski definition) is 2. The zero-order chi connectivity index (χ0) is 17.9. The van der Waals surface area contributed by atoms with Crippen LogP contribution in [0.1, 0.15) is 10.4 Å². The molecule has 0 radical (unpaired) electrons. The largest absolute Gasteiger partial charge is 0.332 e. The van der Waals surface area contributed by atoms with Gasteiger partial charge in [-0.3, -0.25) is 9.59 Å². The molecule has 4 nitrogen and oxygen atoms in total. The summed E-state index contributed by atoms with van der Waals surface area (Å²) >= 11 is 5.73. The zero-order valence-corrected chi connectivity index (χ0v) is 13.2. The second-order valence-corrected chi connectivity index (χ2v) is 5.38. The molecule has 0 fully saturated rings. The summed E-state index contributed by atoms with van der Waals surface area (Å²) in [5.41, 5.74) is -0.194. The molecular formula is C16H12ClF3N2O2. The summed E-state index contributed by atoms with van der Waals surface area (Å²) < 4.78 is 39.4. The highest BCUT2D eigenvalue weighted by atomic mass is 35.5. The lowest BCUT2D eigenvalue weighted by Gasteiger charge is -2.17. The number of anilines is 1. The molecule has 0 saturated carbocycles. The van der Waals surface area contributed by atoms with Crippen molar-refractivity contribution < 1.29 is 22.8 Å². The second-order valence-electron chi connectivity index (χ2n) is 4.94. The highest BCUT2D eigenvalue weighted by molar-refractivity contribution is 6.30. The standard InChI is InChI=1S/C16H12ClF3N2O2/c1-22(16(24)9-2-4-10(17)5-3-9)8-13(23)21-12-7-6-11(18)14(19)15(12)20/h2-7H,8H2,1H3,(H,21,23). The third kappa shape index (κ3) is 4.05. The van der Waals surface area contributed by atoms with Crippen LogP contribution in [0.5, 0.6) is 0 Å². The fraction of sp³-hybridized carbons (Fsp3) is 0.125. The Bertz CT molecular complexity index is 782. The summed E-state index contributed by atoms with van der Waals surface area (Å²) in [6, 6.07) is 7.63. The maximum Gasteiger partial charge on any atom is 0.254 e. The van der Waals surface area contributed by atoms with Crippen molar-refractivity contribution in [2.75, 3.05) is 18.9 Å². The van der Waals surface area contributed by atoms with E-state index in [9.17, 15) is 22.8 Å². The normalized spacial score (nSPS) is 10.4. The number of amides is 2. The molecule has 2 aromatic rings. The summed E-state index contributed by atoms with van der Waals surface area (Å²) in [4.78, 5) is 25.1. The van der Waals surface area contributed by atoms with Crippen molar-refractivity contribution in [1.82, 2.24) is 4.90 Å². The summed E-state index contributed by atoms with van der Waals surface area (Å²) in [5.74, 6) is -5.76. The van der Waals surface area contributed by atoms with Crippen LogP contribution in [-0.4, -0.2) is 30.3 Å². The van der Waals surface area contributed by atoms with Gasteiger partial charge in [0.15, 0.2) is 17.5 Å². The minimum absolute atomic E-state index is 0.314. The molecule has 0 bridgehead atoms. The van der Waals surface area contributed by atoms with E-state index < -0.39 is 41.5 Å². The van der Waals surface area contributed by atoms with E-state index in [1.165, 1.54) is 31.3 Å². The van der Waals surface area contributed by atoms with Crippen molar-refractivity contribution in [1.29, 1.82) is 0 Å². The number of nitrogens with one attached hydrogen (secondary N) is 1. The number of benzene rings is 2. The Morgan fingerprint density at radius 3 is 2.29 bits per heavy atom. The molecule has 0 unspecified atom stereocenters. The van der Waals surface area contributed by atoms with Crippen LogP contribution in [0.15, 0.2) is 36.4 Å². The van der Waals surface area contributed by atoms with E-state index in [0.29, 0.717) is 16.7 Å². The van der Waals surface area contributed by atoms with Gasteiger partial charge in [0.2, 0.25) is 5.91 Å². The first-order chi connectivity index (χ1) is 11.3. The number of carbonyl (C=O) groups is 2. The van der Waals surface area contributed by atoms with Gasteiger partial charge >= 0.3 is 0 Å². The van der Waals surface area contributed by atoms with Crippen molar-refractivity contribution in [2.45, 2.75) is 0 Å². The van der Waals surface area contributed by atoms with Gasteiger partial charge in [0.1, 0.15) is 0 Å². The first-order valence-corrected chi connectivity index (χ1v) is 7.11. The number of nitrogens with zero attached hydrogens (tertiary/aromatic N) is 1. The lowest BCUT2D eigenvalue weighted by atomic mass is 10.2. The van der Waals surface area contributed by atoms with Crippen LogP contribution in [0.3, 0.4) is 0 Å². The zero-order valence-electron chi connectivity index (χ0n) is 12.4. The SMILES string of the molecule is CN(CC(=O)Nc1ccc(F)c(F)c1F)C(=O)c1ccc(Cl)cc1. The average molecular weight is 357 g/mol. The van der Waals surface area contributed by atoms with E-state index in [1.54, 1.807) is 0 Å². The van der Waals surface area contributed by atoms with E-state index >= 15 is 0 Å². The molecule has 1 N–H and O–H groups in total. The molecule has 2 amide bonds. The molecule has 2 rings (SSSR count). The molecule has 0 saturated heterocycles. The average Bonchev–Trinajstić information content (AvgIpc) is 2.55. The molecule has 0 aliphatic rings. The molecule has 0 aliphatic heterocycles. The molecule has 24 heavy (non-hydrogen) atoms. The Hall–Kier alpha value is -2.54. The summed E-state index contributed by atoms with van der Waals surface area (Å²) in [5, 5.41) is 2.55. The van der Waals surface area contributed by atoms with Gasteiger partial charge in [-0.25, -0.2) is 13.2 Å². The summed E-state index contributed by atoms with van der Waals surface area (Å²) in [6.07, 6.45) is 0. The fourth-order valence-corrected chi connectivity index (χ4v) is 2.04. The van der Waals surface area contributed by atoms with E-state index in [4.69, 9.17) is 11.6 Å². The quantitative estimate of drug-likeness (QED) is 0.853. The van der Waals surface area contributed by atoms with Gasteiger partial charge < -0.3 is 10.2 Å². The van der Waals surface area contributed by atoms with Gasteiger partial charge in [-0.2, -0.15) is 0 Å². The van der Waals surface area contributed by atoms with Crippen LogP contribution in [-0.2, 0) is 4.79 Å². The smallest absolute Gasteiger partial charge is 0.254 e. The number of hydrogen-bond donors (Lipinski definition) is 1. The van der Waals surface area contributed by atoms with Crippen molar-refractivity contribution in [2.24, 2.45) is 0 Å². The molecular weight excluding hydrogens is 345 g/mol. The minimum atomic E-state index is -1.68. The summed E-state index contributed by atoms with van der Waals surface area (Å²) in [6.45, 7) is -0.403. The van der Waals surface area contributed by atoms with E-state index in [2.05, 4.69) is 5.32 Å². The monoisotopic (exact) mass is 356 g/mol. The van der Waals surface area contributed by atoms with Crippen molar-refractivity contribution >= 4 is 29.1 Å². The molecule has 0 aromatic heterocycles. The molecule has 0 aliphatic carbocycles. The Morgan fingerprint density at radius 2 is 1.67 bits per heavy atom. The van der Waals surface area contributed by atoms with Crippen LogP contribution in [0.4, 0.5) is 18.9 Å². The highest BCUT2D eigenvalue weighted by Crippen LogP contribution is 2.19. The number of rotatable bonds is 4. The Labute approximate surface area is 140 Å². The predicted octanol–water partition coefficient (Wildman–Crippen LogP) is 3.47. The third-order valence-electron chi connectivity index (χ3n) is 3.13. The number of halogens is 4. The van der Waals surface area contributed by atoms with Gasteiger partial charge in [0, 0.05) is 17.6 Å². The molecule has 2 aromatic carbocycles. The first kappa shape index (κ1) is 17.8. The molecule has 0 heterocycles. The number of carbonyl (C=O) groups excluding carboxylic acids is 2. The molecule has 8 heteroatoms. The lowest BCUT2D eigenvalue weighted by molar-refractivity contribution is -0.116. The van der Waals surface area contributed by atoms with Gasteiger partial charge in [-0.1, -0.05) is 11.6 Å². The van der Waals surface area contributed by atoms with Gasteiger partial charge in [-0.05, 0) is 36.4 Å². The molecule has 0 atom stereocenters. The van der Waals surface area contributed by atoms with Crippen molar-refractivity contribution in [3.05, 3.63) is 64.4 Å². The molecule has 0 spiro atoms.